The predicted molar refractivity (Wildman–Crippen MR) is 113 cm³/mol. The fraction of sp³-hybridized carbons (Fsp3) is 0.429. The van der Waals surface area contributed by atoms with Crippen molar-refractivity contribution in [3.05, 3.63) is 42.5 Å². The fourth-order valence-electron chi connectivity index (χ4n) is 3.80. The smallest absolute Gasteiger partial charge is 0.181 e. The summed E-state index contributed by atoms with van der Waals surface area (Å²) in [6, 6.07) is 13.1. The molecule has 1 atom stereocenters. The summed E-state index contributed by atoms with van der Waals surface area (Å²) in [4.78, 5) is 3.01. The van der Waals surface area contributed by atoms with Crippen molar-refractivity contribution in [1.82, 2.24) is 0 Å². The Kier molecular flexibility index (Phi) is 5.77. The zero-order chi connectivity index (χ0) is 19.7. The maximum Gasteiger partial charge on any atom is 0.181 e. The minimum atomic E-state index is -3.52. The van der Waals surface area contributed by atoms with E-state index in [9.17, 15) is 13.5 Å². The second-order valence-corrected chi connectivity index (χ2v) is 10.4. The first-order valence-electron chi connectivity index (χ1n) is 9.26. The first-order valence-corrected chi connectivity index (χ1v) is 12.1. The maximum atomic E-state index is 13.3. The lowest BCUT2D eigenvalue weighted by molar-refractivity contribution is 0.338. The van der Waals surface area contributed by atoms with Crippen molar-refractivity contribution in [2.75, 3.05) is 23.5 Å². The number of fused-ring (bicyclic) bond motifs is 1. The Morgan fingerprint density at radius 1 is 1.22 bits per heavy atom. The van der Waals surface area contributed by atoms with Gasteiger partial charge < -0.3 is 10.0 Å². The Morgan fingerprint density at radius 3 is 2.56 bits per heavy atom. The van der Waals surface area contributed by atoms with E-state index in [2.05, 4.69) is 18.7 Å². The summed E-state index contributed by atoms with van der Waals surface area (Å²) in [5, 5.41) is 10.3. The van der Waals surface area contributed by atoms with Crippen molar-refractivity contribution < 1.29 is 13.5 Å². The quantitative estimate of drug-likeness (QED) is 0.690. The van der Waals surface area contributed by atoms with Crippen LogP contribution in [0.15, 0.2) is 52.3 Å². The molecule has 0 bridgehead atoms. The highest BCUT2D eigenvalue weighted by Crippen LogP contribution is 2.45. The second-order valence-electron chi connectivity index (χ2n) is 7.59. The number of thioether (sulfide) groups is 1. The van der Waals surface area contributed by atoms with Crippen LogP contribution in [-0.2, 0) is 9.84 Å². The van der Waals surface area contributed by atoms with Crippen LogP contribution in [0.4, 0.5) is 11.4 Å². The van der Waals surface area contributed by atoms with Gasteiger partial charge in [0.25, 0.3) is 0 Å². The number of rotatable bonds is 5. The third-order valence-electron chi connectivity index (χ3n) is 5.17. The van der Waals surface area contributed by atoms with Crippen LogP contribution in [0.2, 0.25) is 0 Å². The van der Waals surface area contributed by atoms with Crippen molar-refractivity contribution in [2.45, 2.75) is 42.9 Å². The van der Waals surface area contributed by atoms with E-state index < -0.39 is 9.84 Å². The van der Waals surface area contributed by atoms with Crippen molar-refractivity contribution in [2.24, 2.45) is 5.41 Å². The number of aromatic hydroxyl groups is 1. The molecule has 0 fully saturated rings. The second kappa shape index (κ2) is 7.76. The molecule has 0 saturated carbocycles. The maximum absolute atomic E-state index is 13.3. The number of phenolic OH excluding ortho intramolecular Hbond substituents is 1. The molecule has 1 N–H and O–H groups in total. The minimum absolute atomic E-state index is 0.0231. The average Bonchev–Trinajstić information content (AvgIpc) is 2.73. The van der Waals surface area contributed by atoms with Gasteiger partial charge in [0, 0.05) is 18.3 Å². The minimum Gasteiger partial charge on any atom is -0.507 e. The van der Waals surface area contributed by atoms with Crippen molar-refractivity contribution in [1.29, 1.82) is 0 Å². The van der Waals surface area contributed by atoms with Crippen molar-refractivity contribution in [3.8, 4) is 5.75 Å². The van der Waals surface area contributed by atoms with E-state index in [0.717, 1.165) is 24.9 Å². The molecule has 1 aliphatic heterocycles. The topological polar surface area (TPSA) is 57.6 Å². The summed E-state index contributed by atoms with van der Waals surface area (Å²) in [6.45, 7) is 4.82. The number of unbranched alkanes of at least 4 members (excludes halogenated alkanes) is 1. The number of nitrogens with zero attached hydrogens (tertiary/aromatic N) is 1. The van der Waals surface area contributed by atoms with Gasteiger partial charge in [-0.05, 0) is 36.3 Å². The number of hydrogen-bond donors (Lipinski definition) is 1. The summed E-state index contributed by atoms with van der Waals surface area (Å²) >= 11 is 1.41. The standard InChI is InChI=1S/C21H27NO3S2/c1-4-5-11-21(2)14-22(16-9-7-6-8-10-16)17-12-19(26-3)18(23)13-20(17)27(24,25)15-21/h6-10,12-13,23H,4-5,11,14-15H2,1-3H3/t21-/m0/s1. The highest BCUT2D eigenvalue weighted by atomic mass is 32.2. The first kappa shape index (κ1) is 20.1. The lowest BCUT2D eigenvalue weighted by Crippen LogP contribution is -2.35. The summed E-state index contributed by atoms with van der Waals surface area (Å²) in [7, 11) is -3.52. The number of anilines is 2. The Labute approximate surface area is 166 Å². The molecule has 0 unspecified atom stereocenters. The van der Waals surface area contributed by atoms with Crippen LogP contribution in [0.25, 0.3) is 0 Å². The SMILES string of the molecule is CCCC[C@@]1(C)CN(c2ccccc2)c2cc(SC)c(O)cc2S(=O)(=O)C1. The summed E-state index contributed by atoms with van der Waals surface area (Å²) in [5.41, 5.74) is 1.26. The van der Waals surface area contributed by atoms with Gasteiger partial charge in [0.1, 0.15) is 5.75 Å². The van der Waals surface area contributed by atoms with Gasteiger partial charge in [0.2, 0.25) is 0 Å². The van der Waals surface area contributed by atoms with E-state index in [0.29, 0.717) is 17.1 Å². The predicted octanol–water partition coefficient (Wildman–Crippen LogP) is 5.24. The monoisotopic (exact) mass is 405 g/mol. The third kappa shape index (κ3) is 4.11. The van der Waals surface area contributed by atoms with Gasteiger partial charge >= 0.3 is 0 Å². The Bertz CT molecular complexity index is 913. The largest absolute Gasteiger partial charge is 0.507 e. The van der Waals surface area contributed by atoms with Crippen molar-refractivity contribution in [3.63, 3.8) is 0 Å². The highest BCUT2D eigenvalue weighted by molar-refractivity contribution is 7.98. The molecule has 146 valence electrons. The molecule has 1 aliphatic rings. The zero-order valence-corrected chi connectivity index (χ0v) is 17.7. The highest BCUT2D eigenvalue weighted by Gasteiger charge is 2.39. The van der Waals surface area contributed by atoms with Gasteiger partial charge in [0.05, 0.1) is 21.2 Å². The van der Waals surface area contributed by atoms with E-state index in [1.54, 1.807) is 0 Å². The van der Waals surface area contributed by atoms with Gasteiger partial charge in [-0.1, -0.05) is 44.9 Å². The molecule has 1 heterocycles. The normalized spacial score (nSPS) is 21.5. The first-order chi connectivity index (χ1) is 12.8. The molecule has 2 aromatic carbocycles. The molecule has 0 aromatic heterocycles. The Balaban J connectivity index is 2.23. The van der Waals surface area contributed by atoms with Gasteiger partial charge in [0.15, 0.2) is 9.84 Å². The molecule has 0 spiro atoms. The van der Waals surface area contributed by atoms with E-state index in [-0.39, 0.29) is 21.8 Å². The molecular weight excluding hydrogens is 378 g/mol. The summed E-state index contributed by atoms with van der Waals surface area (Å²) < 4.78 is 26.5. The van der Waals surface area contributed by atoms with Crippen molar-refractivity contribution >= 4 is 33.0 Å². The molecule has 3 rings (SSSR count). The fourth-order valence-corrected chi connectivity index (χ4v) is 6.39. The number of para-hydroxylation sites is 1. The van der Waals surface area contributed by atoms with Crippen LogP contribution >= 0.6 is 11.8 Å². The van der Waals surface area contributed by atoms with Gasteiger partial charge in [-0.2, -0.15) is 0 Å². The zero-order valence-electron chi connectivity index (χ0n) is 16.1. The molecule has 0 amide bonds. The molecular formula is C21H27NO3S2. The Hall–Kier alpha value is -1.66. The molecule has 0 saturated heterocycles. The summed E-state index contributed by atoms with van der Waals surface area (Å²) in [6.07, 6.45) is 4.75. The van der Waals surface area contributed by atoms with E-state index in [1.165, 1.54) is 17.8 Å². The van der Waals surface area contributed by atoms with E-state index in [4.69, 9.17) is 0 Å². The molecule has 0 aliphatic carbocycles. The number of hydrogen-bond acceptors (Lipinski definition) is 5. The lowest BCUT2D eigenvalue weighted by atomic mass is 9.86. The molecule has 4 nitrogen and oxygen atoms in total. The van der Waals surface area contributed by atoms with Crippen LogP contribution in [0.3, 0.4) is 0 Å². The van der Waals surface area contributed by atoms with Gasteiger partial charge in [-0.25, -0.2) is 8.42 Å². The lowest BCUT2D eigenvalue weighted by Gasteiger charge is -2.34. The van der Waals surface area contributed by atoms with Gasteiger partial charge in [-0.15, -0.1) is 11.8 Å². The average molecular weight is 406 g/mol. The number of sulfone groups is 1. The number of benzene rings is 2. The third-order valence-corrected chi connectivity index (χ3v) is 8.01. The van der Waals surface area contributed by atoms with Crippen LogP contribution in [0.1, 0.15) is 33.1 Å². The van der Waals surface area contributed by atoms with E-state index in [1.807, 2.05) is 42.7 Å². The number of phenols is 1. The van der Waals surface area contributed by atoms with E-state index >= 15 is 0 Å². The van der Waals surface area contributed by atoms with Crippen LogP contribution in [-0.4, -0.2) is 32.1 Å². The van der Waals surface area contributed by atoms with Crippen LogP contribution in [0.5, 0.6) is 5.75 Å². The molecule has 27 heavy (non-hydrogen) atoms. The van der Waals surface area contributed by atoms with Gasteiger partial charge in [-0.3, -0.25) is 0 Å². The molecule has 2 aromatic rings. The molecule has 6 heteroatoms. The van der Waals surface area contributed by atoms with Crippen LogP contribution in [0, 0.1) is 5.41 Å². The molecule has 0 radical (unpaired) electrons. The summed E-state index contributed by atoms with van der Waals surface area (Å²) in [5.74, 6) is 0.115. The Morgan fingerprint density at radius 2 is 1.93 bits per heavy atom. The van der Waals surface area contributed by atoms with Crippen LogP contribution < -0.4 is 4.90 Å².